The summed E-state index contributed by atoms with van der Waals surface area (Å²) in [6.45, 7) is 7.51. The number of Topliss-reactive ketones (excluding diaryl/α,β-unsaturated/α-hetero) is 1. The van der Waals surface area contributed by atoms with Gasteiger partial charge in [-0.15, -0.1) is 0 Å². The van der Waals surface area contributed by atoms with E-state index in [9.17, 15) is 24.0 Å². The van der Waals surface area contributed by atoms with Crippen LogP contribution in [0.5, 0.6) is 0 Å². The molecule has 0 saturated carbocycles. The van der Waals surface area contributed by atoms with Crippen molar-refractivity contribution in [1.82, 2.24) is 20.9 Å². The molecule has 1 aromatic rings. The van der Waals surface area contributed by atoms with Crippen molar-refractivity contribution >= 4 is 29.4 Å². The zero-order valence-corrected chi connectivity index (χ0v) is 22.0. The Hall–Kier alpha value is -3.27. The molecule has 3 N–H and O–H groups in total. The number of ether oxygens (including phenoxy) is 1. The monoisotopic (exact) mass is 514 g/mol. The summed E-state index contributed by atoms with van der Waals surface area (Å²) in [6, 6.07) is 6.86. The minimum atomic E-state index is -0.946. The van der Waals surface area contributed by atoms with Gasteiger partial charge in [0, 0.05) is 19.9 Å². The molecular formula is C27H38N4O6. The first-order chi connectivity index (χ1) is 17.5. The van der Waals surface area contributed by atoms with Gasteiger partial charge in [0.05, 0.1) is 19.2 Å². The Morgan fingerprint density at radius 2 is 1.76 bits per heavy atom. The number of ketones is 1. The zero-order chi connectivity index (χ0) is 27.2. The number of carbonyl (C=O) groups is 5. The number of nitrogens with one attached hydrogen (secondary N) is 3. The molecule has 10 heteroatoms. The van der Waals surface area contributed by atoms with Crippen LogP contribution in [0.4, 0.5) is 0 Å². The predicted molar refractivity (Wildman–Crippen MR) is 136 cm³/mol. The van der Waals surface area contributed by atoms with Gasteiger partial charge in [0.15, 0.2) is 5.78 Å². The second-order valence-electron chi connectivity index (χ2n) is 10.5. The number of hydrogen-bond donors (Lipinski definition) is 3. The van der Waals surface area contributed by atoms with Crippen molar-refractivity contribution in [2.45, 2.75) is 77.1 Å². The van der Waals surface area contributed by atoms with Crippen LogP contribution in [-0.2, 0) is 35.1 Å². The lowest BCUT2D eigenvalue weighted by atomic mass is 9.93. The second kappa shape index (κ2) is 12.3. The van der Waals surface area contributed by atoms with Crippen LogP contribution in [0.1, 0.15) is 52.5 Å². The van der Waals surface area contributed by atoms with Gasteiger partial charge in [-0.1, -0.05) is 44.2 Å². The molecule has 2 fully saturated rings. The summed E-state index contributed by atoms with van der Waals surface area (Å²) >= 11 is 0. The largest absolute Gasteiger partial charge is 0.361 e. The molecule has 0 unspecified atom stereocenters. The maximum atomic E-state index is 13.5. The van der Waals surface area contributed by atoms with Gasteiger partial charge in [0.25, 0.3) is 0 Å². The van der Waals surface area contributed by atoms with Gasteiger partial charge in [-0.25, -0.2) is 0 Å². The number of likely N-dealkylation sites (tertiary alicyclic amines) is 1. The molecule has 0 bridgehead atoms. The molecule has 37 heavy (non-hydrogen) atoms. The fourth-order valence-electron chi connectivity index (χ4n) is 4.56. The number of nitrogens with zero attached hydrogens (tertiary/aromatic N) is 1. The Bertz CT molecular complexity index is 1010. The van der Waals surface area contributed by atoms with Crippen molar-refractivity contribution in [2.75, 3.05) is 19.7 Å². The highest BCUT2D eigenvalue weighted by atomic mass is 16.6. The van der Waals surface area contributed by atoms with Crippen LogP contribution in [-0.4, -0.2) is 77.7 Å². The molecule has 2 heterocycles. The van der Waals surface area contributed by atoms with Crippen molar-refractivity contribution in [3.63, 3.8) is 0 Å². The molecule has 2 saturated heterocycles. The molecule has 2 aliphatic heterocycles. The highest BCUT2D eigenvalue weighted by molar-refractivity contribution is 5.98. The van der Waals surface area contributed by atoms with Gasteiger partial charge in [-0.3, -0.25) is 24.0 Å². The third-order valence-electron chi connectivity index (χ3n) is 6.72. The lowest BCUT2D eigenvalue weighted by Gasteiger charge is -2.28. The summed E-state index contributed by atoms with van der Waals surface area (Å²) in [5, 5.41) is 8.17. The van der Waals surface area contributed by atoms with Gasteiger partial charge >= 0.3 is 0 Å². The predicted octanol–water partition coefficient (Wildman–Crippen LogP) is 0.730. The van der Waals surface area contributed by atoms with E-state index in [1.165, 1.54) is 11.8 Å². The van der Waals surface area contributed by atoms with Crippen LogP contribution in [0.25, 0.3) is 0 Å². The number of epoxide rings is 1. The second-order valence-corrected chi connectivity index (χ2v) is 10.5. The fraction of sp³-hybridized carbons (Fsp3) is 0.593. The Balaban J connectivity index is 1.75. The van der Waals surface area contributed by atoms with Gasteiger partial charge in [-0.2, -0.15) is 0 Å². The lowest BCUT2D eigenvalue weighted by Crippen LogP contribution is -2.57. The highest BCUT2D eigenvalue weighted by Gasteiger charge is 2.50. The van der Waals surface area contributed by atoms with Crippen LogP contribution in [0.15, 0.2) is 30.3 Å². The van der Waals surface area contributed by atoms with E-state index in [1.54, 1.807) is 6.92 Å². The third-order valence-corrected chi connectivity index (χ3v) is 6.72. The molecule has 2 aliphatic rings. The van der Waals surface area contributed by atoms with E-state index in [4.69, 9.17) is 4.74 Å². The quantitative estimate of drug-likeness (QED) is 0.352. The first kappa shape index (κ1) is 28.3. The SMILES string of the molecule is CC(=O)NCC(=O)N1CCC[C@H]1C(=O)N[C@@H](Cc1ccccc1)C(=O)N[C@@H](CC(C)C)C(=O)[C@]1(C)CO1. The van der Waals surface area contributed by atoms with Crippen molar-refractivity contribution in [1.29, 1.82) is 0 Å². The minimum absolute atomic E-state index is 0.153. The number of benzene rings is 1. The van der Waals surface area contributed by atoms with Gasteiger partial charge in [-0.05, 0) is 37.7 Å². The Morgan fingerprint density at radius 1 is 1.08 bits per heavy atom. The molecule has 4 amide bonds. The molecule has 0 spiro atoms. The van der Waals surface area contributed by atoms with Gasteiger partial charge in [0.1, 0.15) is 17.7 Å². The molecular weight excluding hydrogens is 476 g/mol. The average molecular weight is 515 g/mol. The van der Waals surface area contributed by atoms with Crippen molar-refractivity contribution < 1.29 is 28.7 Å². The van der Waals surface area contributed by atoms with E-state index in [1.807, 2.05) is 44.2 Å². The van der Waals surface area contributed by atoms with Crippen molar-refractivity contribution in [3.05, 3.63) is 35.9 Å². The third kappa shape index (κ3) is 7.85. The van der Waals surface area contributed by atoms with Crippen LogP contribution < -0.4 is 16.0 Å². The molecule has 4 atom stereocenters. The van der Waals surface area contributed by atoms with E-state index >= 15 is 0 Å². The van der Waals surface area contributed by atoms with E-state index in [-0.39, 0.29) is 36.5 Å². The van der Waals surface area contributed by atoms with Crippen LogP contribution in [0, 0.1) is 5.92 Å². The van der Waals surface area contributed by atoms with Crippen LogP contribution in [0.3, 0.4) is 0 Å². The molecule has 3 rings (SSSR count). The maximum Gasteiger partial charge on any atom is 0.243 e. The van der Waals surface area contributed by atoms with Crippen LogP contribution in [0.2, 0.25) is 0 Å². The van der Waals surface area contributed by atoms with Gasteiger partial charge in [0.2, 0.25) is 23.6 Å². The lowest BCUT2D eigenvalue weighted by molar-refractivity contribution is -0.139. The number of amides is 4. The molecule has 10 nitrogen and oxygen atoms in total. The summed E-state index contributed by atoms with van der Waals surface area (Å²) in [5.41, 5.74) is -0.0407. The summed E-state index contributed by atoms with van der Waals surface area (Å²) in [7, 11) is 0. The fourth-order valence-corrected chi connectivity index (χ4v) is 4.56. The molecule has 0 aromatic heterocycles. The van der Waals surface area contributed by atoms with E-state index in [0.29, 0.717) is 32.4 Å². The normalized spacial score (nSPS) is 22.2. The smallest absolute Gasteiger partial charge is 0.243 e. The topological polar surface area (TPSA) is 137 Å². The maximum absolute atomic E-state index is 13.5. The first-order valence-corrected chi connectivity index (χ1v) is 12.9. The number of hydrogen-bond acceptors (Lipinski definition) is 6. The molecule has 1 aromatic carbocycles. The zero-order valence-electron chi connectivity index (χ0n) is 22.0. The standard InChI is InChI=1S/C27H38N4O6/c1-17(2)13-20(24(34)27(4)16-37-27)29-25(35)21(14-19-9-6-5-7-10-19)30-26(36)22-11-8-12-31(22)23(33)15-28-18(3)32/h5-7,9-10,17,20-22H,8,11-16H2,1-4H3,(H,28,32)(H,29,35)(H,30,36)/t20-,21-,22-,27-/m0/s1. The first-order valence-electron chi connectivity index (χ1n) is 12.9. The van der Waals surface area contributed by atoms with Crippen molar-refractivity contribution in [2.24, 2.45) is 5.92 Å². The summed E-state index contributed by atoms with van der Waals surface area (Å²) in [6.07, 6.45) is 1.77. The molecule has 0 aliphatic carbocycles. The van der Waals surface area contributed by atoms with E-state index in [0.717, 1.165) is 5.56 Å². The average Bonchev–Trinajstić information content (AvgIpc) is 3.40. The van der Waals surface area contributed by atoms with E-state index < -0.39 is 35.5 Å². The highest BCUT2D eigenvalue weighted by Crippen LogP contribution is 2.29. The Kier molecular flexibility index (Phi) is 9.42. The number of rotatable bonds is 12. The number of carbonyl (C=O) groups excluding carboxylic acids is 5. The minimum Gasteiger partial charge on any atom is -0.361 e. The summed E-state index contributed by atoms with van der Waals surface area (Å²) in [5.74, 6) is -1.60. The molecule has 0 radical (unpaired) electrons. The summed E-state index contributed by atoms with van der Waals surface area (Å²) in [4.78, 5) is 65.1. The Morgan fingerprint density at radius 3 is 2.35 bits per heavy atom. The van der Waals surface area contributed by atoms with Crippen molar-refractivity contribution in [3.8, 4) is 0 Å². The van der Waals surface area contributed by atoms with Crippen LogP contribution >= 0.6 is 0 Å². The summed E-state index contributed by atoms with van der Waals surface area (Å²) < 4.78 is 5.32. The van der Waals surface area contributed by atoms with Gasteiger partial charge < -0.3 is 25.6 Å². The Labute approximate surface area is 217 Å². The van der Waals surface area contributed by atoms with E-state index in [2.05, 4.69) is 16.0 Å². The molecule has 202 valence electrons.